The molecule has 2 aliphatic heterocycles. The first kappa shape index (κ1) is 19.9. The predicted molar refractivity (Wildman–Crippen MR) is 109 cm³/mol. The smallest absolute Gasteiger partial charge is 0.225 e. The Morgan fingerprint density at radius 3 is 2.62 bits per heavy atom. The van der Waals surface area contributed by atoms with E-state index in [2.05, 4.69) is 33.2 Å². The molecule has 156 valence electrons. The highest BCUT2D eigenvalue weighted by atomic mass is 16.5. The predicted octanol–water partition coefficient (Wildman–Crippen LogP) is 2.10. The van der Waals surface area contributed by atoms with E-state index >= 15 is 0 Å². The summed E-state index contributed by atoms with van der Waals surface area (Å²) in [5.41, 5.74) is 2.42. The standard InChI is InChI=1S/C22H30N4O3/c1-24-11-16(10-23-24)12-25-13-18-14-26(21(27)8-9-28-2)22(20(18)15-25)17-4-6-19(29-3)7-5-17/h4-7,10-11,18,20,22H,8-9,12-15H2,1-3H3/t18-,20-,22-/m0/s1. The maximum absolute atomic E-state index is 12.9. The molecule has 0 aliphatic carbocycles. The molecule has 2 aliphatic rings. The zero-order chi connectivity index (χ0) is 20.4. The van der Waals surface area contributed by atoms with E-state index in [0.717, 1.165) is 31.9 Å². The number of likely N-dealkylation sites (tertiary alicyclic amines) is 2. The highest BCUT2D eigenvalue weighted by molar-refractivity contribution is 5.77. The summed E-state index contributed by atoms with van der Waals surface area (Å²) < 4.78 is 12.3. The van der Waals surface area contributed by atoms with E-state index in [4.69, 9.17) is 9.47 Å². The Morgan fingerprint density at radius 2 is 1.97 bits per heavy atom. The molecule has 0 saturated carbocycles. The molecule has 2 aromatic rings. The Morgan fingerprint density at radius 1 is 1.17 bits per heavy atom. The third-order valence-corrected chi connectivity index (χ3v) is 6.20. The average Bonchev–Trinajstić information content (AvgIpc) is 3.40. The van der Waals surface area contributed by atoms with Crippen LogP contribution in [0.25, 0.3) is 0 Å². The van der Waals surface area contributed by atoms with Crippen LogP contribution in [0, 0.1) is 11.8 Å². The quantitative estimate of drug-likeness (QED) is 0.715. The lowest BCUT2D eigenvalue weighted by atomic mass is 9.89. The van der Waals surface area contributed by atoms with Crippen LogP contribution >= 0.6 is 0 Å². The van der Waals surface area contributed by atoms with Gasteiger partial charge in [-0.3, -0.25) is 14.4 Å². The Kier molecular flexibility index (Phi) is 5.87. The second-order valence-electron chi connectivity index (χ2n) is 8.15. The van der Waals surface area contributed by atoms with Gasteiger partial charge >= 0.3 is 0 Å². The minimum atomic E-state index is 0.106. The van der Waals surface area contributed by atoms with Crippen molar-refractivity contribution in [3.8, 4) is 5.75 Å². The van der Waals surface area contributed by atoms with E-state index in [1.807, 2.05) is 30.1 Å². The normalized spacial score (nSPS) is 24.1. The number of amides is 1. The summed E-state index contributed by atoms with van der Waals surface area (Å²) in [6.45, 7) is 4.19. The molecule has 3 heterocycles. The summed E-state index contributed by atoms with van der Waals surface area (Å²) in [5.74, 6) is 1.95. The number of ether oxygens (including phenoxy) is 2. The third kappa shape index (κ3) is 4.16. The second kappa shape index (κ2) is 8.55. The van der Waals surface area contributed by atoms with E-state index in [1.165, 1.54) is 11.1 Å². The summed E-state index contributed by atoms with van der Waals surface area (Å²) in [7, 11) is 5.27. The first-order valence-corrected chi connectivity index (χ1v) is 10.2. The first-order valence-electron chi connectivity index (χ1n) is 10.2. The molecule has 7 nitrogen and oxygen atoms in total. The zero-order valence-electron chi connectivity index (χ0n) is 17.5. The van der Waals surface area contributed by atoms with Crippen molar-refractivity contribution in [3.63, 3.8) is 0 Å². The molecule has 0 N–H and O–H groups in total. The molecule has 7 heteroatoms. The Balaban J connectivity index is 1.53. The summed E-state index contributed by atoms with van der Waals surface area (Å²) in [6.07, 6.45) is 4.45. The molecule has 0 radical (unpaired) electrons. The van der Waals surface area contributed by atoms with Gasteiger partial charge in [-0.15, -0.1) is 0 Å². The topological polar surface area (TPSA) is 59.8 Å². The van der Waals surface area contributed by atoms with Crippen molar-refractivity contribution in [2.45, 2.75) is 19.0 Å². The molecule has 4 rings (SSSR count). The molecule has 2 fully saturated rings. The molecule has 0 unspecified atom stereocenters. The fourth-order valence-corrected chi connectivity index (χ4v) is 4.90. The van der Waals surface area contributed by atoms with Crippen molar-refractivity contribution in [3.05, 3.63) is 47.8 Å². The van der Waals surface area contributed by atoms with Crippen molar-refractivity contribution in [2.24, 2.45) is 18.9 Å². The third-order valence-electron chi connectivity index (χ3n) is 6.20. The van der Waals surface area contributed by atoms with Crippen LogP contribution in [0.4, 0.5) is 0 Å². The first-order chi connectivity index (χ1) is 14.1. The molecule has 0 spiro atoms. The van der Waals surface area contributed by atoms with Gasteiger partial charge in [0.15, 0.2) is 0 Å². The number of fused-ring (bicyclic) bond motifs is 1. The van der Waals surface area contributed by atoms with E-state index < -0.39 is 0 Å². The van der Waals surface area contributed by atoms with Crippen molar-refractivity contribution in [1.29, 1.82) is 0 Å². The summed E-state index contributed by atoms with van der Waals surface area (Å²) in [4.78, 5) is 17.5. The van der Waals surface area contributed by atoms with Gasteiger partial charge in [0.1, 0.15) is 5.75 Å². The molecule has 3 atom stereocenters. The Bertz CT molecular complexity index is 835. The fourth-order valence-electron chi connectivity index (χ4n) is 4.90. The lowest BCUT2D eigenvalue weighted by Crippen LogP contribution is -2.36. The summed E-state index contributed by atoms with van der Waals surface area (Å²) in [6, 6.07) is 8.29. The second-order valence-corrected chi connectivity index (χ2v) is 8.15. The summed E-state index contributed by atoms with van der Waals surface area (Å²) >= 11 is 0. The Hall–Kier alpha value is -2.38. The number of nitrogens with zero attached hydrogens (tertiary/aromatic N) is 4. The largest absolute Gasteiger partial charge is 0.497 e. The molecule has 2 saturated heterocycles. The molecule has 29 heavy (non-hydrogen) atoms. The number of rotatable bonds is 7. The average molecular weight is 399 g/mol. The van der Waals surface area contributed by atoms with Gasteiger partial charge in [0.25, 0.3) is 0 Å². The van der Waals surface area contributed by atoms with Crippen molar-refractivity contribution in [2.75, 3.05) is 40.5 Å². The van der Waals surface area contributed by atoms with Gasteiger partial charge in [-0.25, -0.2) is 0 Å². The van der Waals surface area contributed by atoms with Crippen LogP contribution < -0.4 is 4.74 Å². The van der Waals surface area contributed by atoms with Gasteiger partial charge in [0.05, 0.1) is 32.4 Å². The number of carbonyl (C=O) groups is 1. The number of benzene rings is 1. The number of carbonyl (C=O) groups excluding carboxylic acids is 1. The van der Waals surface area contributed by atoms with Gasteiger partial charge in [-0.05, 0) is 23.6 Å². The number of aromatic nitrogens is 2. The minimum absolute atomic E-state index is 0.106. The Labute approximate surface area is 172 Å². The van der Waals surface area contributed by atoms with Gasteiger partial charge < -0.3 is 14.4 Å². The van der Waals surface area contributed by atoms with Crippen LogP contribution in [0.1, 0.15) is 23.6 Å². The molecule has 1 aromatic heterocycles. The SMILES string of the molecule is COCCC(=O)N1C[C@@H]2CN(Cc3cnn(C)c3)C[C@@H]2[C@@H]1c1ccc(OC)cc1. The monoisotopic (exact) mass is 398 g/mol. The molecule has 1 aromatic carbocycles. The van der Waals surface area contributed by atoms with Crippen molar-refractivity contribution in [1.82, 2.24) is 19.6 Å². The van der Waals surface area contributed by atoms with Crippen molar-refractivity contribution < 1.29 is 14.3 Å². The highest BCUT2D eigenvalue weighted by Crippen LogP contribution is 2.45. The van der Waals surface area contributed by atoms with Crippen LogP contribution in [0.15, 0.2) is 36.7 Å². The van der Waals surface area contributed by atoms with E-state index in [-0.39, 0.29) is 11.9 Å². The zero-order valence-corrected chi connectivity index (χ0v) is 17.5. The highest BCUT2D eigenvalue weighted by Gasteiger charge is 2.48. The van der Waals surface area contributed by atoms with Crippen LogP contribution in [-0.2, 0) is 23.1 Å². The molecule has 1 amide bonds. The minimum Gasteiger partial charge on any atom is -0.497 e. The lowest BCUT2D eigenvalue weighted by Gasteiger charge is -2.30. The number of methoxy groups -OCH3 is 2. The van der Waals surface area contributed by atoms with Crippen LogP contribution in [0.2, 0.25) is 0 Å². The van der Waals surface area contributed by atoms with Crippen LogP contribution in [0.5, 0.6) is 5.75 Å². The van der Waals surface area contributed by atoms with Gasteiger partial charge in [-0.1, -0.05) is 12.1 Å². The lowest BCUT2D eigenvalue weighted by molar-refractivity contribution is -0.133. The molecule has 0 bridgehead atoms. The van der Waals surface area contributed by atoms with Gasteiger partial charge in [0, 0.05) is 58.0 Å². The van der Waals surface area contributed by atoms with Gasteiger partial charge in [0.2, 0.25) is 5.91 Å². The maximum atomic E-state index is 12.9. The van der Waals surface area contributed by atoms with Crippen LogP contribution in [-0.4, -0.2) is 65.9 Å². The van der Waals surface area contributed by atoms with Crippen molar-refractivity contribution >= 4 is 5.91 Å². The van der Waals surface area contributed by atoms with Crippen LogP contribution in [0.3, 0.4) is 0 Å². The van der Waals surface area contributed by atoms with E-state index in [9.17, 15) is 4.79 Å². The molecular formula is C22H30N4O3. The number of aryl methyl sites for hydroxylation is 1. The number of hydrogen-bond acceptors (Lipinski definition) is 5. The number of hydrogen-bond donors (Lipinski definition) is 0. The van der Waals surface area contributed by atoms with Gasteiger partial charge in [-0.2, -0.15) is 5.10 Å². The molecular weight excluding hydrogens is 368 g/mol. The van der Waals surface area contributed by atoms with E-state index in [1.54, 1.807) is 14.2 Å². The van der Waals surface area contributed by atoms with E-state index in [0.29, 0.717) is 24.9 Å². The maximum Gasteiger partial charge on any atom is 0.225 e. The fraction of sp³-hybridized carbons (Fsp3) is 0.545. The summed E-state index contributed by atoms with van der Waals surface area (Å²) in [5, 5.41) is 4.29.